The van der Waals surface area contributed by atoms with Crippen molar-refractivity contribution in [3.05, 3.63) is 53.4 Å². The van der Waals surface area contributed by atoms with E-state index in [-0.39, 0.29) is 6.04 Å². The fourth-order valence-corrected chi connectivity index (χ4v) is 2.63. The molecule has 1 N–H and O–H groups in total. The van der Waals surface area contributed by atoms with E-state index in [0.717, 1.165) is 16.3 Å². The summed E-state index contributed by atoms with van der Waals surface area (Å²) in [6.45, 7) is 0.657. The Morgan fingerprint density at radius 3 is 2.82 bits per heavy atom. The summed E-state index contributed by atoms with van der Waals surface area (Å²) in [6, 6.07) is 7.98. The summed E-state index contributed by atoms with van der Waals surface area (Å²) in [5.74, 6) is 0.713. The smallest absolute Gasteiger partial charge is 0.159 e. The van der Waals surface area contributed by atoms with Crippen LogP contribution < -0.4 is 0 Å². The van der Waals surface area contributed by atoms with Crippen LogP contribution in [0.3, 0.4) is 0 Å². The van der Waals surface area contributed by atoms with Gasteiger partial charge in [-0.15, -0.1) is 5.10 Å². The van der Waals surface area contributed by atoms with Crippen molar-refractivity contribution < 1.29 is 0 Å². The van der Waals surface area contributed by atoms with Gasteiger partial charge in [0, 0.05) is 17.4 Å². The lowest BCUT2D eigenvalue weighted by molar-refractivity contribution is 0.259. The van der Waals surface area contributed by atoms with Crippen molar-refractivity contribution in [2.75, 3.05) is 14.1 Å². The number of benzene rings is 1. The SMILES string of the molecule is CN(C)C(Cn1cc(-c2ncc[nH]2)nn1)c1ccccc1Cl. The van der Waals surface area contributed by atoms with Crippen molar-refractivity contribution in [3.8, 4) is 11.5 Å². The first-order valence-corrected chi connectivity index (χ1v) is 7.33. The molecule has 1 atom stereocenters. The van der Waals surface area contributed by atoms with E-state index in [2.05, 4.69) is 25.2 Å². The lowest BCUT2D eigenvalue weighted by Crippen LogP contribution is -2.25. The molecular formula is C15H17ClN6. The van der Waals surface area contributed by atoms with Crippen LogP contribution in [0.1, 0.15) is 11.6 Å². The molecule has 22 heavy (non-hydrogen) atoms. The van der Waals surface area contributed by atoms with Gasteiger partial charge in [-0.1, -0.05) is 35.0 Å². The predicted octanol–water partition coefficient (Wildman–Crippen LogP) is 2.62. The lowest BCUT2D eigenvalue weighted by atomic mass is 10.1. The van der Waals surface area contributed by atoms with Crippen molar-refractivity contribution in [1.29, 1.82) is 0 Å². The highest BCUT2D eigenvalue weighted by molar-refractivity contribution is 6.31. The van der Waals surface area contributed by atoms with Crippen LogP contribution in [0.15, 0.2) is 42.9 Å². The molecule has 2 heterocycles. The fourth-order valence-electron chi connectivity index (χ4n) is 2.36. The van der Waals surface area contributed by atoms with Gasteiger partial charge in [-0.25, -0.2) is 9.67 Å². The number of likely N-dealkylation sites (N-methyl/N-ethyl adjacent to an activating group) is 1. The van der Waals surface area contributed by atoms with Gasteiger partial charge in [0.25, 0.3) is 0 Å². The molecule has 3 rings (SSSR count). The number of imidazole rings is 1. The molecule has 0 spiro atoms. The lowest BCUT2D eigenvalue weighted by Gasteiger charge is -2.25. The zero-order valence-electron chi connectivity index (χ0n) is 12.4. The van der Waals surface area contributed by atoms with Crippen LogP contribution in [-0.2, 0) is 6.54 Å². The maximum absolute atomic E-state index is 6.33. The fraction of sp³-hybridized carbons (Fsp3) is 0.267. The van der Waals surface area contributed by atoms with Gasteiger partial charge in [0.1, 0.15) is 5.69 Å². The number of hydrogen-bond acceptors (Lipinski definition) is 4. The molecule has 0 bridgehead atoms. The second-order valence-electron chi connectivity index (χ2n) is 5.26. The van der Waals surface area contributed by atoms with E-state index < -0.39 is 0 Å². The zero-order valence-corrected chi connectivity index (χ0v) is 13.2. The van der Waals surface area contributed by atoms with Gasteiger partial charge in [-0.3, -0.25) is 0 Å². The summed E-state index contributed by atoms with van der Waals surface area (Å²) in [7, 11) is 4.05. The molecule has 7 heteroatoms. The Morgan fingerprint density at radius 2 is 2.14 bits per heavy atom. The van der Waals surface area contributed by atoms with Gasteiger partial charge in [0.2, 0.25) is 0 Å². The second-order valence-corrected chi connectivity index (χ2v) is 5.67. The Hall–Kier alpha value is -2.18. The highest BCUT2D eigenvalue weighted by Crippen LogP contribution is 2.27. The number of H-pyrrole nitrogens is 1. The Labute approximate surface area is 133 Å². The van der Waals surface area contributed by atoms with Crippen molar-refractivity contribution in [3.63, 3.8) is 0 Å². The van der Waals surface area contributed by atoms with Crippen molar-refractivity contribution in [2.45, 2.75) is 12.6 Å². The molecule has 2 aromatic heterocycles. The predicted molar refractivity (Wildman–Crippen MR) is 85.5 cm³/mol. The average Bonchev–Trinajstić information content (AvgIpc) is 3.16. The molecule has 0 aliphatic carbocycles. The number of halogens is 1. The largest absolute Gasteiger partial charge is 0.343 e. The molecule has 0 saturated carbocycles. The molecule has 0 radical (unpaired) electrons. The standard InChI is InChI=1S/C15H17ClN6/c1-21(2)14(11-5-3-4-6-12(11)16)10-22-9-13(19-20-22)15-17-7-8-18-15/h3-9,14H,10H2,1-2H3,(H,17,18). The highest BCUT2D eigenvalue weighted by atomic mass is 35.5. The Kier molecular flexibility index (Phi) is 4.22. The monoisotopic (exact) mass is 316 g/mol. The minimum Gasteiger partial charge on any atom is -0.343 e. The van der Waals surface area contributed by atoms with Crippen LogP contribution in [0.2, 0.25) is 5.02 Å². The van der Waals surface area contributed by atoms with Gasteiger partial charge in [-0.05, 0) is 25.7 Å². The topological polar surface area (TPSA) is 62.6 Å². The van der Waals surface area contributed by atoms with Crippen LogP contribution >= 0.6 is 11.6 Å². The molecule has 0 aliphatic rings. The van der Waals surface area contributed by atoms with E-state index >= 15 is 0 Å². The van der Waals surface area contributed by atoms with Gasteiger partial charge >= 0.3 is 0 Å². The molecule has 6 nitrogen and oxygen atoms in total. The summed E-state index contributed by atoms with van der Waals surface area (Å²) < 4.78 is 1.81. The Balaban J connectivity index is 1.85. The minimum atomic E-state index is 0.111. The normalized spacial score (nSPS) is 12.7. The van der Waals surface area contributed by atoms with Crippen molar-refractivity contribution >= 4 is 11.6 Å². The molecular weight excluding hydrogens is 300 g/mol. The summed E-state index contributed by atoms with van der Waals surface area (Å²) in [5, 5.41) is 9.10. The Bertz CT molecular complexity index is 734. The molecule has 0 saturated heterocycles. The van der Waals surface area contributed by atoms with Gasteiger partial charge in [0.15, 0.2) is 5.82 Å². The molecule has 0 amide bonds. The first-order valence-electron chi connectivity index (χ1n) is 6.96. The van der Waals surface area contributed by atoms with E-state index in [1.165, 1.54) is 0 Å². The van der Waals surface area contributed by atoms with Gasteiger partial charge in [-0.2, -0.15) is 0 Å². The van der Waals surface area contributed by atoms with E-state index in [4.69, 9.17) is 11.6 Å². The van der Waals surface area contributed by atoms with Gasteiger partial charge in [0.05, 0.1) is 18.8 Å². The minimum absolute atomic E-state index is 0.111. The van der Waals surface area contributed by atoms with Crippen LogP contribution in [0.25, 0.3) is 11.5 Å². The molecule has 0 fully saturated rings. The number of aromatic amines is 1. The molecule has 0 aliphatic heterocycles. The number of aromatic nitrogens is 5. The number of nitrogens with zero attached hydrogens (tertiary/aromatic N) is 5. The van der Waals surface area contributed by atoms with Crippen molar-refractivity contribution in [2.24, 2.45) is 0 Å². The van der Waals surface area contributed by atoms with Crippen molar-refractivity contribution in [1.82, 2.24) is 29.9 Å². The quantitative estimate of drug-likeness (QED) is 0.786. The molecule has 1 aromatic carbocycles. The second kappa shape index (κ2) is 6.29. The molecule has 114 valence electrons. The molecule has 3 aromatic rings. The maximum atomic E-state index is 6.33. The first kappa shape index (κ1) is 14.7. The Morgan fingerprint density at radius 1 is 1.32 bits per heavy atom. The third-order valence-electron chi connectivity index (χ3n) is 3.53. The number of hydrogen-bond donors (Lipinski definition) is 1. The summed E-state index contributed by atoms with van der Waals surface area (Å²) >= 11 is 6.33. The maximum Gasteiger partial charge on any atom is 0.159 e. The molecule has 1 unspecified atom stereocenters. The van der Waals surface area contributed by atoms with Crippen LogP contribution in [0, 0.1) is 0 Å². The van der Waals surface area contributed by atoms with Crippen LogP contribution in [0.5, 0.6) is 0 Å². The summed E-state index contributed by atoms with van der Waals surface area (Å²) in [5.41, 5.74) is 1.80. The third kappa shape index (κ3) is 3.03. The number of nitrogens with one attached hydrogen (secondary N) is 1. The third-order valence-corrected chi connectivity index (χ3v) is 3.87. The van der Waals surface area contributed by atoms with E-state index in [1.807, 2.05) is 49.2 Å². The van der Waals surface area contributed by atoms with E-state index in [9.17, 15) is 0 Å². The number of rotatable bonds is 5. The van der Waals surface area contributed by atoms with E-state index in [1.54, 1.807) is 12.4 Å². The van der Waals surface area contributed by atoms with Crippen LogP contribution in [0.4, 0.5) is 0 Å². The summed E-state index contributed by atoms with van der Waals surface area (Å²) in [6.07, 6.45) is 5.34. The van der Waals surface area contributed by atoms with Gasteiger partial charge < -0.3 is 9.88 Å². The first-order chi connectivity index (χ1) is 10.6. The average molecular weight is 317 g/mol. The summed E-state index contributed by atoms with van der Waals surface area (Å²) in [4.78, 5) is 9.33. The van der Waals surface area contributed by atoms with E-state index in [0.29, 0.717) is 12.4 Å². The van der Waals surface area contributed by atoms with Crippen LogP contribution in [-0.4, -0.2) is 44.0 Å². The zero-order chi connectivity index (χ0) is 15.5. The highest BCUT2D eigenvalue weighted by Gasteiger charge is 2.18.